The third-order valence-corrected chi connectivity index (χ3v) is 3.66. The van der Waals surface area contributed by atoms with Gasteiger partial charge in [0.1, 0.15) is 5.82 Å². The van der Waals surface area contributed by atoms with E-state index in [9.17, 15) is 14.0 Å². The fourth-order valence-corrected chi connectivity index (χ4v) is 2.17. The molecule has 3 N–H and O–H groups in total. The predicted octanol–water partition coefficient (Wildman–Crippen LogP) is 1.79. The van der Waals surface area contributed by atoms with Gasteiger partial charge in [0.2, 0.25) is 11.8 Å². The third kappa shape index (κ3) is 7.55. The third-order valence-electron chi connectivity index (χ3n) is 3.66. The number of carbonyl (C=O) groups is 2. The average Bonchev–Trinajstić information content (AvgIpc) is 2.52. The van der Waals surface area contributed by atoms with Crippen LogP contribution in [0.25, 0.3) is 0 Å². The molecule has 1 aromatic carbocycles. The number of aliphatic hydroxyl groups is 1. The molecule has 1 rings (SSSR count). The zero-order valence-electron chi connectivity index (χ0n) is 14.6. The quantitative estimate of drug-likeness (QED) is 0.642. The van der Waals surface area contributed by atoms with E-state index in [-0.39, 0.29) is 43.1 Å². The van der Waals surface area contributed by atoms with E-state index in [1.54, 1.807) is 39.0 Å². The number of aryl methyl sites for hydroxylation is 1. The van der Waals surface area contributed by atoms with Crippen molar-refractivity contribution in [3.8, 4) is 0 Å². The lowest BCUT2D eigenvalue weighted by molar-refractivity contribution is -0.125. The fourth-order valence-electron chi connectivity index (χ4n) is 2.17. The standard InChI is InChI=1S/C18H27FN2O3/c1-13(11-20-17(24)10-18(2,3)12-22)21-16(23)9-8-14-6-4-5-7-15(14)19/h4-7,13,22H,8-12H2,1-3H3,(H,20,24)(H,21,23). The molecule has 134 valence electrons. The van der Waals surface area contributed by atoms with Gasteiger partial charge in [-0.1, -0.05) is 32.0 Å². The minimum Gasteiger partial charge on any atom is -0.396 e. The molecule has 0 heterocycles. The smallest absolute Gasteiger partial charge is 0.220 e. The molecule has 0 aliphatic heterocycles. The molecule has 0 spiro atoms. The summed E-state index contributed by atoms with van der Waals surface area (Å²) in [6.45, 7) is 5.65. The normalized spacial score (nSPS) is 12.5. The fraction of sp³-hybridized carbons (Fsp3) is 0.556. The molecule has 0 aliphatic carbocycles. The molecule has 0 bridgehead atoms. The Labute approximate surface area is 142 Å². The van der Waals surface area contributed by atoms with Crippen LogP contribution in [-0.2, 0) is 16.0 Å². The Kier molecular flexibility index (Phi) is 7.85. The summed E-state index contributed by atoms with van der Waals surface area (Å²) in [6.07, 6.45) is 0.747. The predicted molar refractivity (Wildman–Crippen MR) is 90.8 cm³/mol. The summed E-state index contributed by atoms with van der Waals surface area (Å²) in [6, 6.07) is 6.16. The summed E-state index contributed by atoms with van der Waals surface area (Å²) in [4.78, 5) is 23.7. The molecule has 0 fully saturated rings. The van der Waals surface area contributed by atoms with E-state index in [0.717, 1.165) is 0 Å². The molecule has 0 radical (unpaired) electrons. The number of rotatable bonds is 9. The van der Waals surface area contributed by atoms with E-state index >= 15 is 0 Å². The second-order valence-electron chi connectivity index (χ2n) is 6.86. The van der Waals surface area contributed by atoms with Gasteiger partial charge < -0.3 is 15.7 Å². The lowest BCUT2D eigenvalue weighted by Crippen LogP contribution is -2.42. The van der Waals surface area contributed by atoms with Crippen molar-refractivity contribution in [1.82, 2.24) is 10.6 Å². The van der Waals surface area contributed by atoms with E-state index in [4.69, 9.17) is 5.11 Å². The number of carbonyl (C=O) groups excluding carboxylic acids is 2. The Morgan fingerprint density at radius 1 is 1.25 bits per heavy atom. The van der Waals surface area contributed by atoms with Crippen molar-refractivity contribution in [3.63, 3.8) is 0 Å². The number of benzene rings is 1. The summed E-state index contributed by atoms with van der Waals surface area (Å²) < 4.78 is 13.5. The summed E-state index contributed by atoms with van der Waals surface area (Å²) in [5, 5.41) is 14.7. The van der Waals surface area contributed by atoms with E-state index in [1.807, 2.05) is 0 Å². The Balaban J connectivity index is 2.29. The first-order valence-electron chi connectivity index (χ1n) is 8.14. The minimum atomic E-state index is -0.462. The van der Waals surface area contributed by atoms with Crippen molar-refractivity contribution in [2.75, 3.05) is 13.2 Å². The second kappa shape index (κ2) is 9.37. The van der Waals surface area contributed by atoms with Gasteiger partial charge in [0.05, 0.1) is 0 Å². The summed E-state index contributed by atoms with van der Waals surface area (Å²) >= 11 is 0. The molecule has 0 saturated carbocycles. The molecular formula is C18H27FN2O3. The van der Waals surface area contributed by atoms with Crippen molar-refractivity contribution < 1.29 is 19.1 Å². The molecule has 2 amide bonds. The molecule has 0 aromatic heterocycles. The monoisotopic (exact) mass is 338 g/mol. The maximum Gasteiger partial charge on any atom is 0.220 e. The molecule has 0 saturated heterocycles. The van der Waals surface area contributed by atoms with Crippen molar-refractivity contribution in [3.05, 3.63) is 35.6 Å². The van der Waals surface area contributed by atoms with Crippen LogP contribution in [0.2, 0.25) is 0 Å². The molecule has 1 aromatic rings. The lowest BCUT2D eigenvalue weighted by Gasteiger charge is -2.21. The summed E-state index contributed by atoms with van der Waals surface area (Å²) in [5.41, 5.74) is 0.0518. The van der Waals surface area contributed by atoms with E-state index in [0.29, 0.717) is 18.5 Å². The van der Waals surface area contributed by atoms with Gasteiger partial charge in [0.15, 0.2) is 0 Å². The van der Waals surface area contributed by atoms with Crippen LogP contribution in [0.4, 0.5) is 4.39 Å². The minimum absolute atomic E-state index is 0.0667. The van der Waals surface area contributed by atoms with Crippen molar-refractivity contribution in [2.24, 2.45) is 5.41 Å². The number of hydrogen-bond donors (Lipinski definition) is 3. The van der Waals surface area contributed by atoms with Gasteiger partial charge in [0.25, 0.3) is 0 Å². The first-order chi connectivity index (χ1) is 11.2. The number of halogens is 1. The van der Waals surface area contributed by atoms with Crippen LogP contribution in [-0.4, -0.2) is 36.1 Å². The van der Waals surface area contributed by atoms with Gasteiger partial charge in [-0.15, -0.1) is 0 Å². The molecule has 1 atom stereocenters. The largest absolute Gasteiger partial charge is 0.396 e. The molecule has 24 heavy (non-hydrogen) atoms. The topological polar surface area (TPSA) is 78.4 Å². The molecule has 5 nitrogen and oxygen atoms in total. The molecule has 0 aliphatic rings. The van der Waals surface area contributed by atoms with Crippen molar-refractivity contribution >= 4 is 11.8 Å². The first kappa shape index (κ1) is 20.1. The molecule has 6 heteroatoms. The van der Waals surface area contributed by atoms with Crippen LogP contribution in [0, 0.1) is 11.2 Å². The number of hydrogen-bond acceptors (Lipinski definition) is 3. The van der Waals surface area contributed by atoms with Gasteiger partial charge in [0, 0.05) is 32.0 Å². The van der Waals surface area contributed by atoms with E-state index in [2.05, 4.69) is 10.6 Å². The summed E-state index contributed by atoms with van der Waals surface area (Å²) in [5.74, 6) is -0.658. The number of nitrogens with one attached hydrogen (secondary N) is 2. The molecular weight excluding hydrogens is 311 g/mol. The molecule has 1 unspecified atom stereocenters. The van der Waals surface area contributed by atoms with Crippen LogP contribution in [0.1, 0.15) is 39.2 Å². The average molecular weight is 338 g/mol. The van der Waals surface area contributed by atoms with E-state index < -0.39 is 5.41 Å². The van der Waals surface area contributed by atoms with Gasteiger partial charge in [-0.3, -0.25) is 9.59 Å². The Morgan fingerprint density at radius 2 is 1.92 bits per heavy atom. The second-order valence-corrected chi connectivity index (χ2v) is 6.86. The van der Waals surface area contributed by atoms with Crippen LogP contribution in [0.5, 0.6) is 0 Å². The zero-order valence-corrected chi connectivity index (χ0v) is 14.6. The SMILES string of the molecule is CC(CNC(=O)CC(C)(C)CO)NC(=O)CCc1ccccc1F. The van der Waals surface area contributed by atoms with Gasteiger partial charge in [-0.25, -0.2) is 4.39 Å². The van der Waals surface area contributed by atoms with Gasteiger partial charge >= 0.3 is 0 Å². The van der Waals surface area contributed by atoms with E-state index in [1.165, 1.54) is 6.07 Å². The highest BCUT2D eigenvalue weighted by Gasteiger charge is 2.21. The number of amides is 2. The highest BCUT2D eigenvalue weighted by molar-refractivity contribution is 5.78. The van der Waals surface area contributed by atoms with Crippen LogP contribution >= 0.6 is 0 Å². The highest BCUT2D eigenvalue weighted by Crippen LogP contribution is 2.18. The van der Waals surface area contributed by atoms with Crippen LogP contribution in [0.15, 0.2) is 24.3 Å². The van der Waals surface area contributed by atoms with Gasteiger partial charge in [-0.05, 0) is 30.4 Å². The maximum atomic E-state index is 13.5. The maximum absolute atomic E-state index is 13.5. The highest BCUT2D eigenvalue weighted by atomic mass is 19.1. The van der Waals surface area contributed by atoms with Crippen LogP contribution < -0.4 is 10.6 Å². The first-order valence-corrected chi connectivity index (χ1v) is 8.14. The van der Waals surface area contributed by atoms with Crippen molar-refractivity contribution in [1.29, 1.82) is 0 Å². The summed E-state index contributed by atoms with van der Waals surface area (Å²) in [7, 11) is 0. The zero-order chi connectivity index (χ0) is 18.2. The number of aliphatic hydroxyl groups excluding tert-OH is 1. The van der Waals surface area contributed by atoms with Gasteiger partial charge in [-0.2, -0.15) is 0 Å². The Morgan fingerprint density at radius 3 is 2.54 bits per heavy atom. The van der Waals surface area contributed by atoms with Crippen molar-refractivity contribution in [2.45, 2.75) is 46.1 Å². The Bertz CT molecular complexity index is 561. The lowest BCUT2D eigenvalue weighted by atomic mass is 9.90. The van der Waals surface area contributed by atoms with Crippen LogP contribution in [0.3, 0.4) is 0 Å². The Hall–Kier alpha value is -1.95.